The van der Waals surface area contributed by atoms with Crippen LogP contribution in [0.25, 0.3) is 0 Å². The largest absolute Gasteiger partial charge is 0.329 e. The lowest BCUT2D eigenvalue weighted by Gasteiger charge is -2.20. The van der Waals surface area contributed by atoms with E-state index < -0.39 is 0 Å². The highest BCUT2D eigenvalue weighted by Gasteiger charge is 2.17. The third-order valence-corrected chi connectivity index (χ3v) is 4.39. The van der Waals surface area contributed by atoms with Crippen molar-refractivity contribution in [2.75, 3.05) is 6.54 Å². The van der Waals surface area contributed by atoms with Crippen LogP contribution in [-0.4, -0.2) is 11.3 Å². The van der Waals surface area contributed by atoms with Gasteiger partial charge >= 0.3 is 0 Å². The Balaban J connectivity index is 2.63. The second kappa shape index (κ2) is 4.13. The normalized spacial score (nSPS) is 12.0. The molecule has 0 aliphatic rings. The second-order valence-electron chi connectivity index (χ2n) is 3.12. The minimum Gasteiger partial charge on any atom is -0.329 e. The molecule has 0 saturated carbocycles. The summed E-state index contributed by atoms with van der Waals surface area (Å²) in [5, 5.41) is 0. The molecule has 0 aliphatic heterocycles. The third kappa shape index (κ3) is 3.09. The van der Waals surface area contributed by atoms with Crippen molar-refractivity contribution in [3.8, 4) is 0 Å². The summed E-state index contributed by atoms with van der Waals surface area (Å²) >= 11 is 7.02. The van der Waals surface area contributed by atoms with Crippen LogP contribution >= 0.6 is 39.0 Å². The van der Waals surface area contributed by atoms with Gasteiger partial charge in [0.25, 0.3) is 0 Å². The molecule has 0 unspecified atom stereocenters. The highest BCUT2D eigenvalue weighted by Crippen LogP contribution is 2.37. The van der Waals surface area contributed by atoms with Crippen LogP contribution in [0.2, 0.25) is 0 Å². The summed E-state index contributed by atoms with van der Waals surface area (Å²) in [5.41, 5.74) is 5.63. The quantitative estimate of drug-likeness (QED) is 0.849. The average Bonchev–Trinajstić information content (AvgIpc) is 2.35. The molecule has 2 N–H and O–H groups in total. The van der Waals surface area contributed by atoms with Crippen LogP contribution < -0.4 is 5.73 Å². The van der Waals surface area contributed by atoms with Gasteiger partial charge in [0.1, 0.15) is 0 Å². The molecule has 0 spiro atoms. The van der Waals surface area contributed by atoms with E-state index in [0.717, 1.165) is 0 Å². The van der Waals surface area contributed by atoms with Crippen molar-refractivity contribution in [2.45, 2.75) is 22.8 Å². The van der Waals surface area contributed by atoms with Crippen LogP contribution in [-0.2, 0) is 0 Å². The maximum Gasteiger partial charge on any atom is 0.0710 e. The van der Waals surface area contributed by atoms with E-state index in [9.17, 15) is 0 Å². The van der Waals surface area contributed by atoms with Crippen molar-refractivity contribution in [3.63, 3.8) is 0 Å². The Kier molecular flexibility index (Phi) is 3.64. The van der Waals surface area contributed by atoms with Crippen LogP contribution in [0.1, 0.15) is 13.8 Å². The Morgan fingerprint density at radius 1 is 1.58 bits per heavy atom. The zero-order valence-corrected chi connectivity index (χ0v) is 10.4. The molecule has 0 fully saturated rings. The van der Waals surface area contributed by atoms with Gasteiger partial charge in [0.15, 0.2) is 0 Å². The van der Waals surface area contributed by atoms with E-state index in [4.69, 9.17) is 5.73 Å². The summed E-state index contributed by atoms with van der Waals surface area (Å²) in [4.78, 5) is 0. The van der Waals surface area contributed by atoms with E-state index in [1.54, 1.807) is 11.3 Å². The van der Waals surface area contributed by atoms with Gasteiger partial charge in [-0.3, -0.25) is 0 Å². The van der Waals surface area contributed by atoms with Gasteiger partial charge in [0, 0.05) is 11.3 Å². The topological polar surface area (TPSA) is 26.0 Å². The van der Waals surface area contributed by atoms with E-state index in [-0.39, 0.29) is 4.75 Å². The summed E-state index contributed by atoms with van der Waals surface area (Å²) < 4.78 is 2.64. The first kappa shape index (κ1) is 10.6. The number of hydrogen-bond donors (Lipinski definition) is 1. The fraction of sp³-hybridized carbons (Fsp3) is 0.500. The van der Waals surface area contributed by atoms with E-state index in [2.05, 4.69) is 41.9 Å². The first-order valence-electron chi connectivity index (χ1n) is 3.68. The number of nitrogens with two attached hydrogens (primary N) is 1. The maximum atomic E-state index is 5.63. The summed E-state index contributed by atoms with van der Waals surface area (Å²) in [6.45, 7) is 5.02. The lowest BCUT2D eigenvalue weighted by Crippen LogP contribution is -2.26. The molecule has 4 heteroatoms. The zero-order valence-electron chi connectivity index (χ0n) is 7.13. The van der Waals surface area contributed by atoms with Crippen molar-refractivity contribution < 1.29 is 0 Å². The number of hydrogen-bond acceptors (Lipinski definition) is 3. The Bertz CT molecular complexity index is 257. The molecular weight excluding hydrogens is 254 g/mol. The molecule has 68 valence electrons. The van der Waals surface area contributed by atoms with Crippen LogP contribution in [0.15, 0.2) is 20.1 Å². The van der Waals surface area contributed by atoms with Gasteiger partial charge in [-0.15, -0.1) is 23.1 Å². The van der Waals surface area contributed by atoms with Gasteiger partial charge in [-0.05, 0) is 41.9 Å². The summed E-state index contributed by atoms with van der Waals surface area (Å²) in [7, 11) is 0. The van der Waals surface area contributed by atoms with Crippen LogP contribution in [0.5, 0.6) is 0 Å². The Hall–Kier alpha value is 0.490. The van der Waals surface area contributed by atoms with Crippen molar-refractivity contribution in [1.29, 1.82) is 0 Å². The molecule has 1 nitrogen and oxygen atoms in total. The molecule has 0 bridgehead atoms. The molecule has 1 aromatic heterocycles. The highest BCUT2D eigenvalue weighted by molar-refractivity contribution is 9.11. The maximum absolute atomic E-state index is 5.63. The standard InChI is InChI=1S/C8H12BrNS2/c1-8(2,5-10)12-7-4-3-6(9)11-7/h3-4H,5,10H2,1-2H3. The monoisotopic (exact) mass is 265 g/mol. The molecule has 0 atom stereocenters. The molecule has 1 aromatic rings. The van der Waals surface area contributed by atoms with Gasteiger partial charge in [-0.1, -0.05) is 0 Å². The number of thiophene rings is 1. The van der Waals surface area contributed by atoms with Crippen LogP contribution in [0.3, 0.4) is 0 Å². The predicted molar refractivity (Wildman–Crippen MR) is 61.0 cm³/mol. The molecule has 0 saturated heterocycles. The number of rotatable bonds is 3. The molecule has 12 heavy (non-hydrogen) atoms. The minimum atomic E-state index is 0.143. The predicted octanol–water partition coefficient (Wildman–Crippen LogP) is 3.34. The smallest absolute Gasteiger partial charge is 0.0710 e. The third-order valence-electron chi connectivity index (χ3n) is 1.42. The van der Waals surface area contributed by atoms with E-state index >= 15 is 0 Å². The van der Waals surface area contributed by atoms with Gasteiger partial charge in [-0.2, -0.15) is 0 Å². The van der Waals surface area contributed by atoms with E-state index in [1.165, 1.54) is 8.00 Å². The van der Waals surface area contributed by atoms with Crippen LogP contribution in [0.4, 0.5) is 0 Å². The lowest BCUT2D eigenvalue weighted by molar-refractivity contribution is 0.724. The highest BCUT2D eigenvalue weighted by atomic mass is 79.9. The lowest BCUT2D eigenvalue weighted by atomic mass is 10.2. The zero-order chi connectivity index (χ0) is 9.19. The first-order valence-corrected chi connectivity index (χ1v) is 6.10. The van der Waals surface area contributed by atoms with E-state index in [1.807, 2.05) is 11.8 Å². The molecular formula is C8H12BrNS2. The molecule has 0 radical (unpaired) electrons. The average molecular weight is 266 g/mol. The first-order chi connectivity index (χ1) is 5.53. The van der Waals surface area contributed by atoms with Gasteiger partial charge in [-0.25, -0.2) is 0 Å². The van der Waals surface area contributed by atoms with Crippen LogP contribution in [0, 0.1) is 0 Å². The van der Waals surface area contributed by atoms with Gasteiger partial charge in [0.2, 0.25) is 0 Å². The van der Waals surface area contributed by atoms with E-state index in [0.29, 0.717) is 6.54 Å². The van der Waals surface area contributed by atoms with Crippen molar-refractivity contribution >= 4 is 39.0 Å². The van der Waals surface area contributed by atoms with Crippen molar-refractivity contribution in [1.82, 2.24) is 0 Å². The minimum absolute atomic E-state index is 0.143. The second-order valence-corrected chi connectivity index (χ2v) is 7.59. The van der Waals surface area contributed by atoms with Crippen molar-refractivity contribution in [3.05, 3.63) is 15.9 Å². The fourth-order valence-corrected chi connectivity index (χ4v) is 3.98. The summed E-state index contributed by atoms with van der Waals surface area (Å²) in [6, 6.07) is 4.19. The Morgan fingerprint density at radius 3 is 2.67 bits per heavy atom. The van der Waals surface area contributed by atoms with Gasteiger partial charge in [0.05, 0.1) is 8.00 Å². The number of thioether (sulfide) groups is 1. The van der Waals surface area contributed by atoms with Gasteiger partial charge < -0.3 is 5.73 Å². The molecule has 1 heterocycles. The molecule has 1 rings (SSSR count). The van der Waals surface area contributed by atoms with Crippen molar-refractivity contribution in [2.24, 2.45) is 5.73 Å². The summed E-state index contributed by atoms with van der Waals surface area (Å²) in [6.07, 6.45) is 0. The molecule has 0 aromatic carbocycles. The SMILES string of the molecule is CC(C)(CN)Sc1ccc(Br)s1. The summed E-state index contributed by atoms with van der Waals surface area (Å²) in [5.74, 6) is 0. The fourth-order valence-electron chi connectivity index (χ4n) is 0.667. The Morgan fingerprint density at radius 2 is 2.25 bits per heavy atom. The molecule has 0 amide bonds. The Labute approximate surface area is 89.9 Å². The number of halogens is 1. The molecule has 0 aliphatic carbocycles.